The van der Waals surface area contributed by atoms with Crippen LogP contribution in [-0.4, -0.2) is 22.5 Å². The summed E-state index contributed by atoms with van der Waals surface area (Å²) in [5, 5.41) is 12.5. The van der Waals surface area contributed by atoms with Crippen LogP contribution in [0.15, 0.2) is 18.2 Å². The third kappa shape index (κ3) is 3.42. The Morgan fingerprint density at radius 3 is 2.89 bits per heavy atom. The molecule has 2 N–H and O–H groups in total. The quantitative estimate of drug-likeness (QED) is 0.882. The van der Waals surface area contributed by atoms with Gasteiger partial charge in [0.25, 0.3) is 0 Å². The minimum atomic E-state index is 0.0561. The molecule has 3 nitrogen and oxygen atoms in total. The molecule has 1 amide bonds. The molecule has 0 saturated carbocycles. The molecular formula is C14H19NO2S. The first-order chi connectivity index (χ1) is 8.66. The molecule has 1 aromatic carbocycles. The molecule has 0 aromatic heterocycles. The number of carbonyl (C=O) groups is 1. The van der Waals surface area contributed by atoms with E-state index in [1.165, 1.54) is 11.5 Å². The summed E-state index contributed by atoms with van der Waals surface area (Å²) in [6.07, 6.45) is 2.86. The topological polar surface area (TPSA) is 49.3 Å². The van der Waals surface area contributed by atoms with E-state index in [1.807, 2.05) is 24.8 Å². The number of anilines is 1. The fraction of sp³-hybridized carbons (Fsp3) is 0.500. The molecule has 0 aliphatic carbocycles. The smallest absolute Gasteiger partial charge is 0.224 e. The van der Waals surface area contributed by atoms with Crippen LogP contribution in [-0.2, 0) is 4.79 Å². The summed E-state index contributed by atoms with van der Waals surface area (Å²) >= 11 is 1.97. The lowest BCUT2D eigenvalue weighted by Crippen LogP contribution is -2.19. The number of rotatable bonds is 3. The lowest BCUT2D eigenvalue weighted by molar-refractivity contribution is -0.117. The highest BCUT2D eigenvalue weighted by molar-refractivity contribution is 7.99. The fourth-order valence-electron chi connectivity index (χ4n) is 2.17. The molecule has 1 fully saturated rings. The van der Waals surface area contributed by atoms with Gasteiger partial charge in [-0.1, -0.05) is 6.07 Å². The highest BCUT2D eigenvalue weighted by Crippen LogP contribution is 2.27. The molecule has 1 aliphatic heterocycles. The zero-order chi connectivity index (χ0) is 13.0. The van der Waals surface area contributed by atoms with Gasteiger partial charge < -0.3 is 10.4 Å². The van der Waals surface area contributed by atoms with Crippen molar-refractivity contribution < 1.29 is 9.90 Å². The summed E-state index contributed by atoms with van der Waals surface area (Å²) in [7, 11) is 0. The van der Waals surface area contributed by atoms with E-state index in [0.717, 1.165) is 18.4 Å². The van der Waals surface area contributed by atoms with E-state index in [2.05, 4.69) is 5.32 Å². The maximum Gasteiger partial charge on any atom is 0.224 e. The molecule has 0 radical (unpaired) electrons. The highest BCUT2D eigenvalue weighted by atomic mass is 32.2. The average molecular weight is 265 g/mol. The van der Waals surface area contributed by atoms with Gasteiger partial charge >= 0.3 is 0 Å². The lowest BCUT2D eigenvalue weighted by atomic mass is 9.98. The molecule has 1 saturated heterocycles. The molecule has 98 valence electrons. The Balaban J connectivity index is 1.92. The van der Waals surface area contributed by atoms with Crippen LogP contribution < -0.4 is 5.32 Å². The van der Waals surface area contributed by atoms with Crippen molar-refractivity contribution in [1.82, 2.24) is 0 Å². The Hall–Kier alpha value is -1.16. The van der Waals surface area contributed by atoms with Crippen molar-refractivity contribution in [3.05, 3.63) is 23.8 Å². The normalized spacial score (nSPS) is 16.5. The van der Waals surface area contributed by atoms with Crippen molar-refractivity contribution >= 4 is 23.4 Å². The molecule has 2 rings (SSSR count). The zero-order valence-corrected chi connectivity index (χ0v) is 11.4. The number of hydrogen-bond donors (Lipinski definition) is 2. The van der Waals surface area contributed by atoms with Crippen LogP contribution in [0.2, 0.25) is 0 Å². The van der Waals surface area contributed by atoms with E-state index in [9.17, 15) is 9.90 Å². The number of nitrogens with one attached hydrogen (secondary N) is 1. The van der Waals surface area contributed by atoms with Gasteiger partial charge in [0.2, 0.25) is 5.91 Å². The Morgan fingerprint density at radius 1 is 1.44 bits per heavy atom. The van der Waals surface area contributed by atoms with Gasteiger partial charge in [-0.25, -0.2) is 0 Å². The molecule has 4 heteroatoms. The molecule has 1 aliphatic rings. The number of hydrogen-bond acceptors (Lipinski definition) is 3. The van der Waals surface area contributed by atoms with Crippen molar-refractivity contribution in [3.8, 4) is 5.75 Å². The monoisotopic (exact) mass is 265 g/mol. The molecule has 1 aromatic rings. The summed E-state index contributed by atoms with van der Waals surface area (Å²) < 4.78 is 0. The van der Waals surface area contributed by atoms with E-state index >= 15 is 0 Å². The molecule has 0 spiro atoms. The van der Waals surface area contributed by atoms with E-state index in [0.29, 0.717) is 18.0 Å². The van der Waals surface area contributed by atoms with Crippen LogP contribution in [0.1, 0.15) is 24.8 Å². The predicted octanol–water partition coefficient (Wildman–Crippen LogP) is 3.17. The third-order valence-electron chi connectivity index (χ3n) is 3.39. The third-order valence-corrected chi connectivity index (χ3v) is 4.44. The largest absolute Gasteiger partial charge is 0.508 e. The number of thioether (sulfide) groups is 1. The van der Waals surface area contributed by atoms with Crippen molar-refractivity contribution in [3.63, 3.8) is 0 Å². The Labute approximate surface area is 112 Å². The second kappa shape index (κ2) is 6.14. The first kappa shape index (κ1) is 13.3. The summed E-state index contributed by atoms with van der Waals surface area (Å²) in [6, 6.07) is 5.20. The minimum absolute atomic E-state index is 0.0561. The number of phenols is 1. The van der Waals surface area contributed by atoms with Crippen molar-refractivity contribution in [2.45, 2.75) is 26.2 Å². The van der Waals surface area contributed by atoms with Crippen LogP contribution in [0.25, 0.3) is 0 Å². The van der Waals surface area contributed by atoms with E-state index in [-0.39, 0.29) is 11.7 Å². The number of amides is 1. The van der Waals surface area contributed by atoms with Crippen LogP contribution in [0.5, 0.6) is 5.75 Å². The average Bonchev–Trinajstić information content (AvgIpc) is 2.36. The lowest BCUT2D eigenvalue weighted by Gasteiger charge is -2.20. The maximum atomic E-state index is 11.9. The van der Waals surface area contributed by atoms with Gasteiger partial charge in [0.15, 0.2) is 0 Å². The first-order valence-electron chi connectivity index (χ1n) is 6.33. The Bertz CT molecular complexity index is 428. The molecule has 0 atom stereocenters. The number of aromatic hydroxyl groups is 1. The fourth-order valence-corrected chi connectivity index (χ4v) is 3.38. The molecule has 0 unspecified atom stereocenters. The van der Waals surface area contributed by atoms with Gasteiger partial charge in [-0.3, -0.25) is 4.79 Å². The molecular weight excluding hydrogens is 246 g/mol. The van der Waals surface area contributed by atoms with Crippen molar-refractivity contribution in [2.75, 3.05) is 16.8 Å². The number of phenolic OH excluding ortho intramolecular Hbond substituents is 1. The van der Waals surface area contributed by atoms with Crippen LogP contribution >= 0.6 is 11.8 Å². The number of carbonyl (C=O) groups excluding carboxylic acids is 1. The summed E-state index contributed by atoms with van der Waals surface area (Å²) in [5.74, 6) is 3.14. The van der Waals surface area contributed by atoms with E-state index in [4.69, 9.17) is 0 Å². The van der Waals surface area contributed by atoms with Gasteiger partial charge in [-0.15, -0.1) is 0 Å². The van der Waals surface area contributed by atoms with Crippen LogP contribution in [0, 0.1) is 12.8 Å². The van der Waals surface area contributed by atoms with Crippen molar-refractivity contribution in [2.24, 2.45) is 5.92 Å². The maximum absolute atomic E-state index is 11.9. The number of benzene rings is 1. The van der Waals surface area contributed by atoms with E-state index < -0.39 is 0 Å². The van der Waals surface area contributed by atoms with Gasteiger partial charge in [0.1, 0.15) is 5.75 Å². The predicted molar refractivity (Wildman–Crippen MR) is 76.1 cm³/mol. The summed E-state index contributed by atoms with van der Waals surface area (Å²) in [6.45, 7) is 1.81. The summed E-state index contributed by atoms with van der Waals surface area (Å²) in [4.78, 5) is 11.9. The first-order valence-corrected chi connectivity index (χ1v) is 7.48. The zero-order valence-electron chi connectivity index (χ0n) is 10.6. The van der Waals surface area contributed by atoms with Gasteiger partial charge in [0.05, 0.1) is 0 Å². The van der Waals surface area contributed by atoms with Gasteiger partial charge in [-0.05, 0) is 49.3 Å². The molecule has 1 heterocycles. The second-order valence-corrected chi connectivity index (χ2v) is 5.98. The van der Waals surface area contributed by atoms with E-state index in [1.54, 1.807) is 12.1 Å². The minimum Gasteiger partial charge on any atom is -0.508 e. The van der Waals surface area contributed by atoms with Gasteiger partial charge in [-0.2, -0.15) is 11.8 Å². The SMILES string of the molecule is Cc1c(O)cccc1NC(=O)CC1CCSCC1. The second-order valence-electron chi connectivity index (χ2n) is 4.76. The van der Waals surface area contributed by atoms with Crippen molar-refractivity contribution in [1.29, 1.82) is 0 Å². The Morgan fingerprint density at radius 2 is 2.17 bits per heavy atom. The summed E-state index contributed by atoms with van der Waals surface area (Å²) in [5.41, 5.74) is 1.44. The standard InChI is InChI=1S/C14H19NO2S/c1-10-12(3-2-4-13(10)16)15-14(17)9-11-5-7-18-8-6-11/h2-4,11,16H,5-9H2,1H3,(H,15,17). The molecule has 18 heavy (non-hydrogen) atoms. The highest BCUT2D eigenvalue weighted by Gasteiger charge is 2.17. The van der Waals surface area contributed by atoms with Crippen LogP contribution in [0.3, 0.4) is 0 Å². The van der Waals surface area contributed by atoms with Crippen LogP contribution in [0.4, 0.5) is 5.69 Å². The van der Waals surface area contributed by atoms with Gasteiger partial charge in [0, 0.05) is 17.7 Å². The molecule has 0 bridgehead atoms. The Kier molecular flexibility index (Phi) is 4.53.